The molecule has 2 aromatic carbocycles. The van der Waals surface area contributed by atoms with E-state index in [1.54, 1.807) is 13.2 Å². The minimum Gasteiger partial charge on any atom is -0.494 e. The number of methoxy groups -OCH3 is 2. The Hall–Kier alpha value is -2.07. The van der Waals surface area contributed by atoms with E-state index in [9.17, 15) is 4.39 Å². The molecule has 0 saturated heterocycles. The van der Waals surface area contributed by atoms with Crippen LogP contribution >= 0.6 is 0 Å². The van der Waals surface area contributed by atoms with Crippen LogP contribution in [0.4, 0.5) is 10.1 Å². The summed E-state index contributed by atoms with van der Waals surface area (Å²) in [4.78, 5) is 0. The number of rotatable bonds is 6. The zero-order chi connectivity index (χ0) is 15.2. The molecule has 0 bridgehead atoms. The third kappa shape index (κ3) is 3.73. The summed E-state index contributed by atoms with van der Waals surface area (Å²) in [6.45, 7) is 2.53. The Labute approximate surface area is 124 Å². The van der Waals surface area contributed by atoms with Gasteiger partial charge in [-0.1, -0.05) is 24.3 Å². The lowest BCUT2D eigenvalue weighted by Crippen LogP contribution is -2.09. The van der Waals surface area contributed by atoms with Gasteiger partial charge in [0.1, 0.15) is 0 Å². The van der Waals surface area contributed by atoms with Crippen LogP contribution in [-0.4, -0.2) is 14.2 Å². The molecule has 4 heteroatoms. The number of nitrogens with one attached hydrogen (secondary N) is 1. The molecule has 0 spiro atoms. The maximum absolute atomic E-state index is 13.8. The van der Waals surface area contributed by atoms with Crippen molar-refractivity contribution in [3.63, 3.8) is 0 Å². The van der Waals surface area contributed by atoms with Crippen molar-refractivity contribution in [3.05, 3.63) is 59.4 Å². The van der Waals surface area contributed by atoms with Crippen LogP contribution in [0.1, 0.15) is 24.1 Å². The number of ether oxygens (including phenoxy) is 2. The molecule has 1 unspecified atom stereocenters. The highest BCUT2D eigenvalue weighted by molar-refractivity contribution is 5.52. The van der Waals surface area contributed by atoms with Crippen molar-refractivity contribution < 1.29 is 13.9 Å². The van der Waals surface area contributed by atoms with Crippen molar-refractivity contribution in [2.75, 3.05) is 19.5 Å². The van der Waals surface area contributed by atoms with Gasteiger partial charge in [-0.05, 0) is 30.7 Å². The molecule has 0 aromatic heterocycles. The van der Waals surface area contributed by atoms with Gasteiger partial charge in [-0.25, -0.2) is 4.39 Å². The molecule has 0 aliphatic heterocycles. The van der Waals surface area contributed by atoms with Gasteiger partial charge >= 0.3 is 0 Å². The minimum atomic E-state index is -0.353. The number of benzene rings is 2. The van der Waals surface area contributed by atoms with Crippen LogP contribution in [-0.2, 0) is 11.3 Å². The average Bonchev–Trinajstić information content (AvgIpc) is 2.49. The summed E-state index contributed by atoms with van der Waals surface area (Å²) in [6.07, 6.45) is 0. The maximum atomic E-state index is 13.8. The molecule has 0 aliphatic carbocycles. The van der Waals surface area contributed by atoms with Crippen molar-refractivity contribution in [2.24, 2.45) is 0 Å². The molecule has 0 saturated carbocycles. The van der Waals surface area contributed by atoms with E-state index in [0.29, 0.717) is 6.61 Å². The van der Waals surface area contributed by atoms with Crippen LogP contribution in [0.15, 0.2) is 42.5 Å². The van der Waals surface area contributed by atoms with Gasteiger partial charge < -0.3 is 14.8 Å². The van der Waals surface area contributed by atoms with Gasteiger partial charge in [-0.2, -0.15) is 0 Å². The number of hydrogen-bond donors (Lipinski definition) is 1. The fraction of sp³-hybridized carbons (Fsp3) is 0.294. The normalized spacial score (nSPS) is 12.0. The number of hydrogen-bond acceptors (Lipinski definition) is 3. The Kier molecular flexibility index (Phi) is 5.17. The third-order valence-corrected chi connectivity index (χ3v) is 3.37. The van der Waals surface area contributed by atoms with Crippen molar-refractivity contribution in [1.82, 2.24) is 0 Å². The van der Waals surface area contributed by atoms with Gasteiger partial charge in [-0.15, -0.1) is 0 Å². The van der Waals surface area contributed by atoms with Gasteiger partial charge in [0.15, 0.2) is 11.6 Å². The highest BCUT2D eigenvalue weighted by Crippen LogP contribution is 2.26. The van der Waals surface area contributed by atoms with Crippen molar-refractivity contribution in [2.45, 2.75) is 19.6 Å². The topological polar surface area (TPSA) is 30.5 Å². The van der Waals surface area contributed by atoms with Gasteiger partial charge in [-0.3, -0.25) is 0 Å². The molecule has 0 aliphatic rings. The highest BCUT2D eigenvalue weighted by Gasteiger charge is 2.11. The second-order valence-electron chi connectivity index (χ2n) is 4.85. The molecule has 2 rings (SSSR count). The molecule has 0 radical (unpaired) electrons. The summed E-state index contributed by atoms with van der Waals surface area (Å²) in [5, 5.41) is 3.39. The molecular formula is C17H20FNO2. The molecule has 1 N–H and O–H groups in total. The Morgan fingerprint density at radius 3 is 2.57 bits per heavy atom. The Morgan fingerprint density at radius 2 is 1.90 bits per heavy atom. The van der Waals surface area contributed by atoms with Crippen LogP contribution in [0, 0.1) is 5.82 Å². The Morgan fingerprint density at radius 1 is 1.14 bits per heavy atom. The quantitative estimate of drug-likeness (QED) is 0.866. The molecule has 112 valence electrons. The summed E-state index contributed by atoms with van der Waals surface area (Å²) in [5.74, 6) is -0.0976. The van der Waals surface area contributed by atoms with Gasteiger partial charge in [0, 0.05) is 24.4 Å². The number of para-hydroxylation sites is 1. The third-order valence-electron chi connectivity index (χ3n) is 3.37. The Balaban J connectivity index is 2.18. The lowest BCUT2D eigenvalue weighted by molar-refractivity contribution is 0.185. The first-order valence-corrected chi connectivity index (χ1v) is 6.82. The fourth-order valence-electron chi connectivity index (χ4n) is 2.21. The van der Waals surface area contributed by atoms with Crippen molar-refractivity contribution in [1.29, 1.82) is 0 Å². The zero-order valence-corrected chi connectivity index (χ0v) is 12.5. The molecule has 0 amide bonds. The monoisotopic (exact) mass is 289 g/mol. The summed E-state index contributed by atoms with van der Waals surface area (Å²) >= 11 is 0. The molecule has 0 fully saturated rings. The predicted octanol–water partition coefficient (Wildman–Crippen LogP) is 4.15. The first-order valence-electron chi connectivity index (χ1n) is 6.82. The summed E-state index contributed by atoms with van der Waals surface area (Å²) in [6, 6.07) is 12.9. The minimum absolute atomic E-state index is 0.0246. The standard InChI is InChI=1S/C17H20FNO2/c1-12(13-8-9-17(21-3)15(18)10-13)19-16-7-5-4-6-14(16)11-20-2/h4-10,12,19H,11H2,1-3H3. The van der Waals surface area contributed by atoms with Gasteiger partial charge in [0.25, 0.3) is 0 Å². The van der Waals surface area contributed by atoms with E-state index >= 15 is 0 Å². The lowest BCUT2D eigenvalue weighted by Gasteiger charge is -2.19. The van der Waals surface area contributed by atoms with E-state index in [-0.39, 0.29) is 17.6 Å². The summed E-state index contributed by atoms with van der Waals surface area (Å²) < 4.78 is 23.9. The van der Waals surface area contributed by atoms with Gasteiger partial charge in [0.05, 0.1) is 13.7 Å². The largest absolute Gasteiger partial charge is 0.494 e. The molecule has 0 heterocycles. The first kappa shape index (κ1) is 15.3. The van der Waals surface area contributed by atoms with Crippen molar-refractivity contribution >= 4 is 5.69 Å². The zero-order valence-electron chi connectivity index (χ0n) is 12.5. The van der Waals surface area contributed by atoms with E-state index in [0.717, 1.165) is 16.8 Å². The van der Waals surface area contributed by atoms with Crippen LogP contribution in [0.3, 0.4) is 0 Å². The van der Waals surface area contributed by atoms with E-state index in [4.69, 9.17) is 9.47 Å². The number of halogens is 1. The smallest absolute Gasteiger partial charge is 0.165 e. The predicted molar refractivity (Wildman–Crippen MR) is 82.1 cm³/mol. The van der Waals surface area contributed by atoms with Crippen molar-refractivity contribution in [3.8, 4) is 5.75 Å². The Bertz CT molecular complexity index is 601. The van der Waals surface area contributed by atoms with Crippen LogP contribution in [0.5, 0.6) is 5.75 Å². The molecule has 3 nitrogen and oxygen atoms in total. The average molecular weight is 289 g/mol. The SMILES string of the molecule is COCc1ccccc1NC(C)c1ccc(OC)c(F)c1. The van der Waals surface area contributed by atoms with E-state index < -0.39 is 0 Å². The van der Waals surface area contributed by atoms with Gasteiger partial charge in [0.2, 0.25) is 0 Å². The van der Waals surface area contributed by atoms with Crippen LogP contribution in [0.2, 0.25) is 0 Å². The van der Waals surface area contributed by atoms with Crippen LogP contribution in [0.25, 0.3) is 0 Å². The van der Waals surface area contributed by atoms with E-state index in [2.05, 4.69) is 5.32 Å². The summed E-state index contributed by atoms with van der Waals surface area (Å²) in [5.41, 5.74) is 2.92. The molecule has 1 atom stereocenters. The van der Waals surface area contributed by atoms with E-state index in [1.807, 2.05) is 37.3 Å². The highest BCUT2D eigenvalue weighted by atomic mass is 19.1. The van der Waals surface area contributed by atoms with Crippen LogP contribution < -0.4 is 10.1 Å². The molecule has 2 aromatic rings. The fourth-order valence-corrected chi connectivity index (χ4v) is 2.21. The first-order chi connectivity index (χ1) is 10.2. The second kappa shape index (κ2) is 7.09. The summed E-state index contributed by atoms with van der Waals surface area (Å²) in [7, 11) is 3.12. The van der Waals surface area contributed by atoms with E-state index in [1.165, 1.54) is 13.2 Å². The lowest BCUT2D eigenvalue weighted by atomic mass is 10.1. The molecule has 21 heavy (non-hydrogen) atoms. The second-order valence-corrected chi connectivity index (χ2v) is 4.85. The number of anilines is 1. The molecular weight excluding hydrogens is 269 g/mol. The maximum Gasteiger partial charge on any atom is 0.165 e.